The number of hydrogen-bond acceptors (Lipinski definition) is 4. The van der Waals surface area contributed by atoms with Crippen LogP contribution >= 0.6 is 0 Å². The summed E-state index contributed by atoms with van der Waals surface area (Å²) in [6, 6.07) is 3.97. The Labute approximate surface area is 135 Å². The van der Waals surface area contributed by atoms with Crippen LogP contribution in [-0.4, -0.2) is 31.8 Å². The van der Waals surface area contributed by atoms with Crippen LogP contribution in [0.15, 0.2) is 31.0 Å². The monoisotopic (exact) mass is 314 g/mol. The maximum Gasteiger partial charge on any atom is 0.315 e. The van der Waals surface area contributed by atoms with Gasteiger partial charge < -0.3 is 10.6 Å². The Morgan fingerprint density at radius 1 is 1.39 bits per heavy atom. The molecule has 0 spiro atoms. The number of hydrogen-bond donors (Lipinski definition) is 2. The summed E-state index contributed by atoms with van der Waals surface area (Å²) in [5.74, 6) is 1.40. The number of nitrogens with zero attached hydrogens (tertiary/aromatic N) is 4. The van der Waals surface area contributed by atoms with Crippen LogP contribution < -0.4 is 10.6 Å². The van der Waals surface area contributed by atoms with Crippen molar-refractivity contribution in [2.24, 2.45) is 5.92 Å². The normalized spacial score (nSPS) is 20.9. The van der Waals surface area contributed by atoms with Gasteiger partial charge >= 0.3 is 6.03 Å². The second-order valence-corrected chi connectivity index (χ2v) is 6.16. The third kappa shape index (κ3) is 4.28. The molecule has 0 radical (unpaired) electrons. The Morgan fingerprint density at radius 2 is 2.30 bits per heavy atom. The van der Waals surface area contributed by atoms with Gasteiger partial charge in [0.1, 0.15) is 12.7 Å². The van der Waals surface area contributed by atoms with E-state index in [1.165, 1.54) is 19.2 Å². The summed E-state index contributed by atoms with van der Waals surface area (Å²) < 4.78 is 1.59. The number of aromatic nitrogens is 4. The minimum absolute atomic E-state index is 0.107. The van der Waals surface area contributed by atoms with Crippen LogP contribution in [0.25, 0.3) is 5.82 Å². The standard InChI is InChI=1S/C16H22N6O/c1-12-3-2-4-14(7-12)21-16(23)19-9-13-5-6-15(18-8-13)22-11-17-10-20-22/h5-6,8,10-12,14H,2-4,7,9H2,1H3,(H2,19,21,23)/t12-,14+/m1/s1. The van der Waals surface area contributed by atoms with Crippen LogP contribution in [0.5, 0.6) is 0 Å². The van der Waals surface area contributed by atoms with E-state index in [9.17, 15) is 4.79 Å². The summed E-state index contributed by atoms with van der Waals surface area (Å²) in [4.78, 5) is 20.2. The number of pyridine rings is 1. The van der Waals surface area contributed by atoms with Gasteiger partial charge in [-0.2, -0.15) is 5.10 Å². The molecule has 2 heterocycles. The van der Waals surface area contributed by atoms with Gasteiger partial charge in [-0.05, 0) is 30.4 Å². The molecule has 0 unspecified atom stereocenters. The zero-order chi connectivity index (χ0) is 16.1. The Balaban J connectivity index is 1.47. The molecule has 0 aromatic carbocycles. The summed E-state index contributed by atoms with van der Waals surface area (Å²) >= 11 is 0. The maximum atomic E-state index is 12.0. The van der Waals surface area contributed by atoms with Crippen molar-refractivity contribution in [2.75, 3.05) is 0 Å². The van der Waals surface area contributed by atoms with E-state index in [1.54, 1.807) is 17.2 Å². The molecule has 7 nitrogen and oxygen atoms in total. The van der Waals surface area contributed by atoms with Crippen molar-refractivity contribution in [3.05, 3.63) is 36.5 Å². The van der Waals surface area contributed by atoms with E-state index in [0.29, 0.717) is 24.3 Å². The molecule has 2 atom stereocenters. The van der Waals surface area contributed by atoms with Crippen molar-refractivity contribution < 1.29 is 4.79 Å². The smallest absolute Gasteiger partial charge is 0.315 e. The van der Waals surface area contributed by atoms with Crippen molar-refractivity contribution in [3.8, 4) is 5.82 Å². The Morgan fingerprint density at radius 3 is 3.00 bits per heavy atom. The average molecular weight is 314 g/mol. The molecule has 1 aliphatic carbocycles. The van der Waals surface area contributed by atoms with E-state index in [0.717, 1.165) is 18.4 Å². The number of amides is 2. The van der Waals surface area contributed by atoms with Gasteiger partial charge in [-0.15, -0.1) is 0 Å². The van der Waals surface area contributed by atoms with Crippen LogP contribution in [-0.2, 0) is 6.54 Å². The van der Waals surface area contributed by atoms with Crippen LogP contribution in [0.2, 0.25) is 0 Å². The van der Waals surface area contributed by atoms with E-state index in [2.05, 4.69) is 32.6 Å². The molecule has 1 fully saturated rings. The average Bonchev–Trinajstić information content (AvgIpc) is 3.08. The number of carbonyl (C=O) groups is 1. The zero-order valence-corrected chi connectivity index (χ0v) is 13.3. The van der Waals surface area contributed by atoms with Gasteiger partial charge in [0, 0.05) is 18.8 Å². The lowest BCUT2D eigenvalue weighted by atomic mass is 9.87. The summed E-state index contributed by atoms with van der Waals surface area (Å²) in [5, 5.41) is 9.98. The summed E-state index contributed by atoms with van der Waals surface area (Å²) in [6.45, 7) is 2.70. The largest absolute Gasteiger partial charge is 0.335 e. The summed E-state index contributed by atoms with van der Waals surface area (Å²) in [5.41, 5.74) is 0.945. The van der Waals surface area contributed by atoms with Gasteiger partial charge in [-0.25, -0.2) is 19.4 Å². The molecule has 3 rings (SSSR count). The van der Waals surface area contributed by atoms with E-state index in [4.69, 9.17) is 0 Å². The maximum absolute atomic E-state index is 12.0. The highest BCUT2D eigenvalue weighted by Gasteiger charge is 2.20. The summed E-state index contributed by atoms with van der Waals surface area (Å²) in [7, 11) is 0. The lowest BCUT2D eigenvalue weighted by Crippen LogP contribution is -2.43. The Hall–Kier alpha value is -2.44. The van der Waals surface area contributed by atoms with Gasteiger partial charge in [-0.1, -0.05) is 25.8 Å². The molecule has 0 bridgehead atoms. The highest BCUT2D eigenvalue weighted by molar-refractivity contribution is 5.74. The van der Waals surface area contributed by atoms with Crippen molar-refractivity contribution >= 4 is 6.03 Å². The zero-order valence-electron chi connectivity index (χ0n) is 13.3. The molecule has 1 saturated carbocycles. The first-order chi connectivity index (χ1) is 11.2. The molecular weight excluding hydrogens is 292 g/mol. The first-order valence-electron chi connectivity index (χ1n) is 8.05. The van der Waals surface area contributed by atoms with E-state index in [-0.39, 0.29) is 6.03 Å². The van der Waals surface area contributed by atoms with E-state index in [1.807, 2.05) is 12.1 Å². The number of rotatable bonds is 4. The quantitative estimate of drug-likeness (QED) is 0.904. The van der Waals surface area contributed by atoms with Crippen LogP contribution in [0, 0.1) is 5.92 Å². The molecule has 0 saturated heterocycles. The number of nitrogens with one attached hydrogen (secondary N) is 2. The second kappa shape index (κ2) is 7.21. The topological polar surface area (TPSA) is 84.7 Å². The number of carbonyl (C=O) groups excluding carboxylic acids is 1. The molecule has 0 aliphatic heterocycles. The lowest BCUT2D eigenvalue weighted by molar-refractivity contribution is 0.227. The fourth-order valence-corrected chi connectivity index (χ4v) is 2.97. The Kier molecular flexibility index (Phi) is 4.85. The predicted molar refractivity (Wildman–Crippen MR) is 85.9 cm³/mol. The Bertz CT molecular complexity index is 625. The molecule has 2 amide bonds. The third-order valence-corrected chi connectivity index (χ3v) is 4.19. The minimum atomic E-state index is -0.107. The van der Waals surface area contributed by atoms with Crippen LogP contribution in [0.4, 0.5) is 4.79 Å². The molecule has 7 heteroatoms. The lowest BCUT2D eigenvalue weighted by Gasteiger charge is -2.27. The van der Waals surface area contributed by atoms with Crippen molar-refractivity contribution in [3.63, 3.8) is 0 Å². The molecule has 2 aromatic rings. The SMILES string of the molecule is C[C@@H]1CCC[C@H](NC(=O)NCc2ccc(-n3cncn3)nc2)C1. The van der Waals surface area contributed by atoms with Gasteiger partial charge in [0.2, 0.25) is 0 Å². The van der Waals surface area contributed by atoms with Crippen LogP contribution in [0.1, 0.15) is 38.2 Å². The van der Waals surface area contributed by atoms with Gasteiger partial charge in [0.25, 0.3) is 0 Å². The first kappa shape index (κ1) is 15.5. The molecular formula is C16H22N6O. The minimum Gasteiger partial charge on any atom is -0.335 e. The molecule has 2 N–H and O–H groups in total. The van der Waals surface area contributed by atoms with Crippen molar-refractivity contribution in [1.29, 1.82) is 0 Å². The van der Waals surface area contributed by atoms with Crippen molar-refractivity contribution in [1.82, 2.24) is 30.4 Å². The van der Waals surface area contributed by atoms with E-state index < -0.39 is 0 Å². The molecule has 23 heavy (non-hydrogen) atoms. The fourth-order valence-electron chi connectivity index (χ4n) is 2.97. The molecule has 122 valence electrons. The highest BCUT2D eigenvalue weighted by Crippen LogP contribution is 2.23. The first-order valence-corrected chi connectivity index (χ1v) is 8.05. The fraction of sp³-hybridized carbons (Fsp3) is 0.500. The predicted octanol–water partition coefficient (Wildman–Crippen LogP) is 2.04. The van der Waals surface area contributed by atoms with Crippen molar-refractivity contribution in [2.45, 2.75) is 45.2 Å². The second-order valence-electron chi connectivity index (χ2n) is 6.16. The highest BCUT2D eigenvalue weighted by atomic mass is 16.2. The molecule has 1 aliphatic rings. The molecule has 2 aromatic heterocycles. The van der Waals surface area contributed by atoms with Crippen LogP contribution in [0.3, 0.4) is 0 Å². The summed E-state index contributed by atoms with van der Waals surface area (Å²) in [6.07, 6.45) is 9.41. The number of urea groups is 1. The van der Waals surface area contributed by atoms with E-state index >= 15 is 0 Å². The van der Waals surface area contributed by atoms with Gasteiger partial charge in [0.05, 0.1) is 0 Å². The van der Waals surface area contributed by atoms with Gasteiger partial charge in [-0.3, -0.25) is 0 Å². The third-order valence-electron chi connectivity index (χ3n) is 4.19. The van der Waals surface area contributed by atoms with Gasteiger partial charge in [0.15, 0.2) is 5.82 Å².